The zero-order valence-electron chi connectivity index (χ0n) is 15.1. The zero-order valence-corrected chi connectivity index (χ0v) is 16.7. The molecule has 0 radical (unpaired) electrons. The number of thioether (sulfide) groups is 1. The number of hydrogen-bond donors (Lipinski definition) is 2. The van der Waals surface area contributed by atoms with E-state index >= 15 is 0 Å². The van der Waals surface area contributed by atoms with Crippen LogP contribution in [0.2, 0.25) is 0 Å². The highest BCUT2D eigenvalue weighted by molar-refractivity contribution is 8.00. The van der Waals surface area contributed by atoms with Crippen LogP contribution in [0, 0.1) is 11.3 Å². The van der Waals surface area contributed by atoms with E-state index in [0.717, 1.165) is 0 Å². The molecule has 0 unspecified atom stereocenters. The third-order valence-corrected chi connectivity index (χ3v) is 5.96. The van der Waals surface area contributed by atoms with Crippen molar-refractivity contribution in [1.82, 2.24) is 9.55 Å². The monoisotopic (exact) mass is 414 g/mol. The predicted octanol–water partition coefficient (Wildman–Crippen LogP) is 2.83. The number of carbonyl (C=O) groups is 1. The van der Waals surface area contributed by atoms with Gasteiger partial charge in [0.25, 0.3) is 5.56 Å². The Bertz CT molecular complexity index is 1100. The van der Waals surface area contributed by atoms with E-state index in [1.165, 1.54) is 27.7 Å². The molecule has 0 bridgehead atoms. The topological polar surface area (TPSA) is 108 Å². The summed E-state index contributed by atoms with van der Waals surface area (Å²) in [6, 6.07) is 10.7. The summed E-state index contributed by atoms with van der Waals surface area (Å²) < 4.78 is 1.50. The largest absolute Gasteiger partial charge is 0.396 e. The van der Waals surface area contributed by atoms with Crippen molar-refractivity contribution in [2.75, 3.05) is 11.9 Å². The maximum absolute atomic E-state index is 12.8. The van der Waals surface area contributed by atoms with E-state index in [9.17, 15) is 9.59 Å². The second-order valence-corrected chi connectivity index (χ2v) is 8.19. The van der Waals surface area contributed by atoms with Crippen LogP contribution in [0.15, 0.2) is 45.7 Å². The normalized spacial score (nSPS) is 11.9. The Kier molecular flexibility index (Phi) is 6.46. The molecule has 0 fully saturated rings. The Labute approximate surface area is 169 Å². The fourth-order valence-electron chi connectivity index (χ4n) is 2.58. The van der Waals surface area contributed by atoms with Crippen LogP contribution < -0.4 is 10.9 Å². The van der Waals surface area contributed by atoms with Gasteiger partial charge in [0.1, 0.15) is 11.1 Å². The van der Waals surface area contributed by atoms with Gasteiger partial charge in [-0.2, -0.15) is 5.26 Å². The molecule has 1 amide bonds. The summed E-state index contributed by atoms with van der Waals surface area (Å²) in [6.45, 7) is 1.99. The number of carbonyl (C=O) groups excluding carboxylic acids is 1. The maximum atomic E-state index is 12.8. The van der Waals surface area contributed by atoms with E-state index in [4.69, 9.17) is 10.4 Å². The molecule has 28 heavy (non-hydrogen) atoms. The van der Waals surface area contributed by atoms with Gasteiger partial charge in [-0.15, -0.1) is 11.3 Å². The van der Waals surface area contributed by atoms with Gasteiger partial charge < -0.3 is 10.4 Å². The smallest absolute Gasteiger partial charge is 0.262 e. The number of fused-ring (bicyclic) bond motifs is 1. The van der Waals surface area contributed by atoms with E-state index < -0.39 is 5.25 Å². The minimum absolute atomic E-state index is 0.0469. The zero-order chi connectivity index (χ0) is 20.1. The minimum Gasteiger partial charge on any atom is -0.396 e. The maximum Gasteiger partial charge on any atom is 0.262 e. The summed E-state index contributed by atoms with van der Waals surface area (Å²) in [6.07, 6.45) is 0.411. The van der Waals surface area contributed by atoms with Crippen molar-refractivity contribution < 1.29 is 9.90 Å². The quantitative estimate of drug-likeness (QED) is 0.455. The first-order valence-electron chi connectivity index (χ1n) is 8.60. The number of thiophene rings is 1. The Balaban J connectivity index is 1.88. The van der Waals surface area contributed by atoms with Crippen LogP contribution in [0.25, 0.3) is 10.9 Å². The summed E-state index contributed by atoms with van der Waals surface area (Å²) in [5, 5.41) is 23.6. The lowest BCUT2D eigenvalue weighted by molar-refractivity contribution is -0.115. The summed E-state index contributed by atoms with van der Waals surface area (Å²) >= 11 is 2.46. The highest BCUT2D eigenvalue weighted by atomic mass is 32.2. The highest BCUT2D eigenvalue weighted by Crippen LogP contribution is 2.26. The molecular weight excluding hydrogens is 396 g/mol. The molecule has 9 heteroatoms. The lowest BCUT2D eigenvalue weighted by atomic mass is 10.2. The second kappa shape index (κ2) is 9.01. The van der Waals surface area contributed by atoms with Gasteiger partial charge in [-0.05, 0) is 36.9 Å². The van der Waals surface area contributed by atoms with Gasteiger partial charge in [-0.3, -0.25) is 14.2 Å². The van der Waals surface area contributed by atoms with Gasteiger partial charge in [0.05, 0.1) is 21.7 Å². The van der Waals surface area contributed by atoms with Crippen LogP contribution in [0.5, 0.6) is 0 Å². The number of aromatic nitrogens is 2. The van der Waals surface area contributed by atoms with Crippen molar-refractivity contribution in [2.45, 2.75) is 30.3 Å². The van der Waals surface area contributed by atoms with E-state index in [1.807, 2.05) is 6.07 Å². The number of amides is 1. The van der Waals surface area contributed by atoms with Crippen molar-refractivity contribution in [3.63, 3.8) is 0 Å². The third-order valence-electron chi connectivity index (χ3n) is 4.04. The van der Waals surface area contributed by atoms with Crippen molar-refractivity contribution in [1.29, 1.82) is 5.26 Å². The second-order valence-electron chi connectivity index (χ2n) is 5.97. The Morgan fingerprint density at radius 1 is 1.43 bits per heavy atom. The van der Waals surface area contributed by atoms with Crippen molar-refractivity contribution in [2.24, 2.45) is 0 Å². The molecule has 144 valence electrons. The molecule has 0 aliphatic heterocycles. The summed E-state index contributed by atoms with van der Waals surface area (Å²) in [5.74, 6) is -0.278. The molecule has 1 atom stereocenters. The molecule has 2 heterocycles. The average Bonchev–Trinajstić information content (AvgIpc) is 3.14. The van der Waals surface area contributed by atoms with Crippen molar-refractivity contribution >= 4 is 44.9 Å². The highest BCUT2D eigenvalue weighted by Gasteiger charge is 2.20. The van der Waals surface area contributed by atoms with Gasteiger partial charge in [0, 0.05) is 13.2 Å². The van der Waals surface area contributed by atoms with Gasteiger partial charge in [-0.1, -0.05) is 23.9 Å². The number of aliphatic hydroxyl groups excluding tert-OH is 1. The SMILES string of the molecule is C[C@@H](Sc1nc2ccccc2c(=O)n1CCCO)C(=O)Nc1sccc1C#N. The first kappa shape index (κ1) is 20.1. The molecule has 3 rings (SSSR count). The number of para-hydroxylation sites is 1. The van der Waals surface area contributed by atoms with Crippen LogP contribution >= 0.6 is 23.1 Å². The number of aliphatic hydroxyl groups is 1. The molecule has 0 aliphatic rings. The van der Waals surface area contributed by atoms with Crippen LogP contribution in [0.3, 0.4) is 0 Å². The van der Waals surface area contributed by atoms with Crippen molar-refractivity contribution in [3.05, 3.63) is 51.6 Å². The van der Waals surface area contributed by atoms with Gasteiger partial charge in [0.2, 0.25) is 5.91 Å². The Morgan fingerprint density at radius 3 is 2.96 bits per heavy atom. The molecule has 0 saturated carbocycles. The third kappa shape index (κ3) is 4.25. The standard InChI is InChI=1S/C19H18N4O3S2/c1-12(16(25)22-17-13(11-20)7-10-27-17)28-19-21-15-6-3-2-5-14(15)18(26)23(19)8-4-9-24/h2-3,5-7,10,12,24H,4,8-9H2,1H3,(H,22,25)/t12-/m1/s1. The van der Waals surface area contributed by atoms with E-state index in [0.29, 0.717) is 39.6 Å². The molecular formula is C19H18N4O3S2. The molecule has 1 aromatic carbocycles. The molecule has 2 N–H and O–H groups in total. The van der Waals surface area contributed by atoms with Gasteiger partial charge in [-0.25, -0.2) is 4.98 Å². The lowest BCUT2D eigenvalue weighted by Gasteiger charge is -2.16. The number of nitriles is 1. The number of anilines is 1. The molecule has 0 saturated heterocycles. The Morgan fingerprint density at radius 2 is 2.21 bits per heavy atom. The van der Waals surface area contributed by atoms with E-state index in [2.05, 4.69) is 10.3 Å². The van der Waals surface area contributed by atoms with E-state index in [1.54, 1.807) is 42.6 Å². The first-order chi connectivity index (χ1) is 13.5. The fourth-order valence-corrected chi connectivity index (χ4v) is 4.26. The molecule has 0 aliphatic carbocycles. The first-order valence-corrected chi connectivity index (χ1v) is 10.4. The van der Waals surface area contributed by atoms with Crippen LogP contribution in [-0.2, 0) is 11.3 Å². The summed E-state index contributed by atoms with van der Waals surface area (Å²) in [5.41, 5.74) is 0.784. The number of nitrogens with zero attached hydrogens (tertiary/aromatic N) is 3. The molecule has 7 nitrogen and oxygen atoms in total. The van der Waals surface area contributed by atoms with Gasteiger partial charge in [0.15, 0.2) is 5.16 Å². The van der Waals surface area contributed by atoms with Crippen LogP contribution in [0.1, 0.15) is 18.9 Å². The predicted molar refractivity (Wildman–Crippen MR) is 111 cm³/mol. The lowest BCUT2D eigenvalue weighted by Crippen LogP contribution is -2.27. The summed E-state index contributed by atoms with van der Waals surface area (Å²) in [4.78, 5) is 30.0. The van der Waals surface area contributed by atoms with Crippen molar-refractivity contribution in [3.8, 4) is 6.07 Å². The number of rotatable bonds is 7. The molecule has 2 aromatic heterocycles. The Hall–Kier alpha value is -2.67. The number of hydrogen-bond acceptors (Lipinski definition) is 7. The van der Waals surface area contributed by atoms with Crippen LogP contribution in [0.4, 0.5) is 5.00 Å². The molecule has 0 spiro atoms. The van der Waals surface area contributed by atoms with Crippen LogP contribution in [-0.4, -0.2) is 32.4 Å². The minimum atomic E-state index is -0.540. The average molecular weight is 415 g/mol. The number of nitrogens with one attached hydrogen (secondary N) is 1. The van der Waals surface area contributed by atoms with Gasteiger partial charge >= 0.3 is 0 Å². The summed E-state index contributed by atoms with van der Waals surface area (Å²) in [7, 11) is 0. The number of benzene rings is 1. The molecule has 3 aromatic rings. The fraction of sp³-hybridized carbons (Fsp3) is 0.263. The van der Waals surface area contributed by atoms with E-state index in [-0.39, 0.29) is 18.1 Å².